The molecule has 23 heavy (non-hydrogen) atoms. The highest BCUT2D eigenvalue weighted by molar-refractivity contribution is 5.64. The van der Waals surface area contributed by atoms with Gasteiger partial charge in [0.15, 0.2) is 0 Å². The fourth-order valence-corrected chi connectivity index (χ4v) is 3.23. The normalized spacial score (nSPS) is 19.7. The van der Waals surface area contributed by atoms with E-state index in [0.29, 0.717) is 6.04 Å². The van der Waals surface area contributed by atoms with Crippen molar-refractivity contribution in [2.45, 2.75) is 31.7 Å². The highest BCUT2D eigenvalue weighted by Crippen LogP contribution is 2.26. The van der Waals surface area contributed by atoms with Crippen LogP contribution in [0.4, 0.5) is 0 Å². The van der Waals surface area contributed by atoms with Crippen molar-refractivity contribution in [1.82, 2.24) is 5.32 Å². The predicted octanol–water partition coefficient (Wildman–Crippen LogP) is 5.32. The maximum absolute atomic E-state index is 4.24. The summed E-state index contributed by atoms with van der Waals surface area (Å²) in [6.07, 6.45) is 7.39. The Morgan fingerprint density at radius 2 is 1.70 bits per heavy atom. The van der Waals surface area contributed by atoms with Gasteiger partial charge in [-0.1, -0.05) is 85.3 Å². The fraction of sp³-hybridized carbons (Fsp3) is 0.273. The zero-order valence-corrected chi connectivity index (χ0v) is 13.7. The monoisotopic (exact) mass is 303 g/mol. The van der Waals surface area contributed by atoms with Crippen LogP contribution in [-0.2, 0) is 0 Å². The molecule has 1 heteroatoms. The molecule has 0 aromatic heterocycles. The molecule has 0 aliphatic heterocycles. The Kier molecular flexibility index (Phi) is 5.44. The van der Waals surface area contributed by atoms with Crippen molar-refractivity contribution in [1.29, 1.82) is 0 Å². The van der Waals surface area contributed by atoms with E-state index in [0.717, 1.165) is 12.1 Å². The second kappa shape index (κ2) is 7.94. The van der Waals surface area contributed by atoms with Crippen LogP contribution in [-0.4, -0.2) is 12.6 Å². The summed E-state index contributed by atoms with van der Waals surface area (Å²) in [5.74, 6) is 0. The lowest BCUT2D eigenvalue weighted by Crippen LogP contribution is -2.34. The zero-order chi connectivity index (χ0) is 15.9. The summed E-state index contributed by atoms with van der Waals surface area (Å²) < 4.78 is 0. The molecule has 2 aromatic carbocycles. The van der Waals surface area contributed by atoms with Gasteiger partial charge in [0.2, 0.25) is 0 Å². The Balaban J connectivity index is 1.65. The van der Waals surface area contributed by atoms with E-state index in [4.69, 9.17) is 0 Å². The SMILES string of the molecule is C=C(CNC1CCCC/C1=C/c1ccccc1)c1ccccc1. The fourth-order valence-electron chi connectivity index (χ4n) is 3.23. The lowest BCUT2D eigenvalue weighted by Gasteiger charge is -2.27. The highest BCUT2D eigenvalue weighted by atomic mass is 14.9. The van der Waals surface area contributed by atoms with E-state index in [1.165, 1.54) is 42.4 Å². The maximum Gasteiger partial charge on any atom is 0.0285 e. The Morgan fingerprint density at radius 3 is 2.43 bits per heavy atom. The Hall–Kier alpha value is -2.12. The van der Waals surface area contributed by atoms with Gasteiger partial charge in [-0.2, -0.15) is 0 Å². The Bertz CT molecular complexity index is 655. The zero-order valence-electron chi connectivity index (χ0n) is 13.7. The van der Waals surface area contributed by atoms with Crippen LogP contribution in [0, 0.1) is 0 Å². The van der Waals surface area contributed by atoms with Gasteiger partial charge in [0.1, 0.15) is 0 Å². The maximum atomic E-state index is 4.24. The van der Waals surface area contributed by atoms with Crippen LogP contribution >= 0.6 is 0 Å². The van der Waals surface area contributed by atoms with Crippen LogP contribution in [0.5, 0.6) is 0 Å². The van der Waals surface area contributed by atoms with Gasteiger partial charge in [-0.3, -0.25) is 0 Å². The van der Waals surface area contributed by atoms with Crippen LogP contribution in [0.2, 0.25) is 0 Å². The van der Waals surface area contributed by atoms with Crippen molar-refractivity contribution in [2.75, 3.05) is 6.54 Å². The third-order valence-electron chi connectivity index (χ3n) is 4.55. The van der Waals surface area contributed by atoms with Crippen molar-refractivity contribution in [2.24, 2.45) is 0 Å². The lowest BCUT2D eigenvalue weighted by molar-refractivity contribution is 0.475. The van der Waals surface area contributed by atoms with Crippen molar-refractivity contribution >= 4 is 11.6 Å². The predicted molar refractivity (Wildman–Crippen MR) is 100 cm³/mol. The topological polar surface area (TPSA) is 12.0 Å². The second-order valence-electron chi connectivity index (χ2n) is 6.28. The molecule has 0 heterocycles. The molecular weight excluding hydrogens is 278 g/mol. The summed E-state index contributed by atoms with van der Waals surface area (Å²) in [5.41, 5.74) is 5.22. The average molecular weight is 303 g/mol. The summed E-state index contributed by atoms with van der Waals surface area (Å²) in [6.45, 7) is 5.08. The summed E-state index contributed by atoms with van der Waals surface area (Å²) in [7, 11) is 0. The largest absolute Gasteiger partial charge is 0.306 e. The molecule has 1 aliphatic carbocycles. The molecule has 1 fully saturated rings. The van der Waals surface area contributed by atoms with Gasteiger partial charge >= 0.3 is 0 Å². The number of nitrogens with one attached hydrogen (secondary N) is 1. The minimum atomic E-state index is 0.476. The number of hydrogen-bond acceptors (Lipinski definition) is 1. The first-order chi connectivity index (χ1) is 11.3. The first-order valence-corrected chi connectivity index (χ1v) is 8.55. The minimum Gasteiger partial charge on any atom is -0.306 e. The van der Waals surface area contributed by atoms with E-state index in [-0.39, 0.29) is 0 Å². The quantitative estimate of drug-likeness (QED) is 0.788. The molecule has 0 bridgehead atoms. The van der Waals surface area contributed by atoms with Gasteiger partial charge in [-0.05, 0) is 36.0 Å². The lowest BCUT2D eigenvalue weighted by atomic mass is 9.88. The molecule has 0 amide bonds. The smallest absolute Gasteiger partial charge is 0.0285 e. The third-order valence-corrected chi connectivity index (χ3v) is 4.55. The second-order valence-corrected chi connectivity index (χ2v) is 6.28. The standard InChI is InChI=1S/C22H25N/c1-18(20-12-6-3-7-13-20)17-23-22-15-9-8-14-21(22)16-19-10-4-2-5-11-19/h2-7,10-13,16,22-23H,1,8-9,14-15,17H2/b21-16-. The van der Waals surface area contributed by atoms with Gasteiger partial charge in [0.25, 0.3) is 0 Å². The average Bonchev–Trinajstić information content (AvgIpc) is 2.62. The summed E-state index contributed by atoms with van der Waals surface area (Å²) >= 11 is 0. The van der Waals surface area contributed by atoms with Crippen molar-refractivity contribution in [3.63, 3.8) is 0 Å². The van der Waals surface area contributed by atoms with E-state index in [9.17, 15) is 0 Å². The summed E-state index contributed by atoms with van der Waals surface area (Å²) in [4.78, 5) is 0. The van der Waals surface area contributed by atoms with Crippen LogP contribution in [0.15, 0.2) is 72.8 Å². The molecular formula is C22H25N. The van der Waals surface area contributed by atoms with Crippen molar-refractivity contribution < 1.29 is 0 Å². The van der Waals surface area contributed by atoms with E-state index in [2.05, 4.69) is 72.6 Å². The van der Waals surface area contributed by atoms with E-state index in [1.54, 1.807) is 0 Å². The Labute approximate surface area is 139 Å². The summed E-state index contributed by atoms with van der Waals surface area (Å²) in [5, 5.41) is 3.72. The molecule has 1 nitrogen and oxygen atoms in total. The third kappa shape index (κ3) is 4.43. The molecule has 1 saturated carbocycles. The van der Waals surface area contributed by atoms with Gasteiger partial charge < -0.3 is 5.32 Å². The van der Waals surface area contributed by atoms with Crippen LogP contribution in [0.1, 0.15) is 36.8 Å². The number of benzene rings is 2. The molecule has 118 valence electrons. The van der Waals surface area contributed by atoms with Crippen LogP contribution in [0.25, 0.3) is 11.6 Å². The first kappa shape index (κ1) is 15.8. The molecule has 1 atom stereocenters. The molecule has 1 unspecified atom stereocenters. The molecule has 0 spiro atoms. The number of hydrogen-bond donors (Lipinski definition) is 1. The van der Waals surface area contributed by atoms with Crippen LogP contribution < -0.4 is 5.32 Å². The van der Waals surface area contributed by atoms with E-state index < -0.39 is 0 Å². The molecule has 1 aliphatic rings. The van der Waals surface area contributed by atoms with Gasteiger partial charge in [0.05, 0.1) is 0 Å². The van der Waals surface area contributed by atoms with Gasteiger partial charge in [-0.25, -0.2) is 0 Å². The van der Waals surface area contributed by atoms with Crippen LogP contribution in [0.3, 0.4) is 0 Å². The van der Waals surface area contributed by atoms with Gasteiger partial charge in [0, 0.05) is 12.6 Å². The van der Waals surface area contributed by atoms with E-state index in [1.807, 2.05) is 6.07 Å². The Morgan fingerprint density at radius 1 is 1.00 bits per heavy atom. The minimum absolute atomic E-state index is 0.476. The molecule has 2 aromatic rings. The van der Waals surface area contributed by atoms with Gasteiger partial charge in [-0.15, -0.1) is 0 Å². The van der Waals surface area contributed by atoms with E-state index >= 15 is 0 Å². The highest BCUT2D eigenvalue weighted by Gasteiger charge is 2.18. The molecule has 0 radical (unpaired) electrons. The molecule has 0 saturated heterocycles. The first-order valence-electron chi connectivity index (χ1n) is 8.55. The van der Waals surface area contributed by atoms with Crippen molar-refractivity contribution in [3.05, 3.63) is 83.9 Å². The number of rotatable bonds is 5. The molecule has 3 rings (SSSR count). The molecule has 1 N–H and O–H groups in total. The van der Waals surface area contributed by atoms with Crippen molar-refractivity contribution in [3.8, 4) is 0 Å². The summed E-state index contributed by atoms with van der Waals surface area (Å²) in [6, 6.07) is 21.6.